The molecule has 2 fully saturated rings. The lowest BCUT2D eigenvalue weighted by Gasteiger charge is -2.22. The van der Waals surface area contributed by atoms with Crippen molar-refractivity contribution in [1.29, 1.82) is 0 Å². The third-order valence-corrected chi connectivity index (χ3v) is 6.82. The predicted molar refractivity (Wildman–Crippen MR) is 102 cm³/mol. The minimum absolute atomic E-state index is 0.120. The summed E-state index contributed by atoms with van der Waals surface area (Å²) in [4.78, 5) is 11.2. The zero-order valence-corrected chi connectivity index (χ0v) is 16.2. The number of ether oxygens (including phenoxy) is 2. The fourth-order valence-corrected chi connectivity index (χ4v) is 5.12. The molecule has 1 aliphatic carbocycles. The number of anilines is 1. The molecule has 1 aromatic heterocycles. The Morgan fingerprint density at radius 3 is 2.82 bits per heavy atom. The van der Waals surface area contributed by atoms with Crippen LogP contribution < -0.4 is 19.1 Å². The van der Waals surface area contributed by atoms with Crippen molar-refractivity contribution >= 4 is 16.0 Å². The highest BCUT2D eigenvalue weighted by Crippen LogP contribution is 2.39. The van der Waals surface area contributed by atoms with Crippen molar-refractivity contribution < 1.29 is 17.9 Å². The van der Waals surface area contributed by atoms with Gasteiger partial charge in [0.15, 0.2) is 11.5 Å². The van der Waals surface area contributed by atoms with E-state index in [0.717, 1.165) is 5.69 Å². The molecule has 0 amide bonds. The Kier molecular flexibility index (Phi) is 4.36. The van der Waals surface area contributed by atoms with Gasteiger partial charge in [0.1, 0.15) is 18.1 Å². The van der Waals surface area contributed by atoms with Gasteiger partial charge < -0.3 is 14.4 Å². The van der Waals surface area contributed by atoms with Gasteiger partial charge in [0, 0.05) is 36.9 Å². The van der Waals surface area contributed by atoms with Crippen LogP contribution in [0, 0.1) is 0 Å². The molecule has 1 aromatic carbocycles. The second-order valence-electron chi connectivity index (χ2n) is 7.39. The van der Waals surface area contributed by atoms with E-state index in [1.807, 2.05) is 11.0 Å². The monoisotopic (exact) mass is 402 g/mol. The Morgan fingerprint density at radius 2 is 1.96 bits per heavy atom. The van der Waals surface area contributed by atoms with Crippen LogP contribution in [0.4, 0.5) is 5.95 Å². The van der Waals surface area contributed by atoms with E-state index in [2.05, 4.69) is 14.7 Å². The van der Waals surface area contributed by atoms with Crippen LogP contribution in [0.1, 0.15) is 30.9 Å². The van der Waals surface area contributed by atoms with Crippen molar-refractivity contribution in [2.75, 3.05) is 31.2 Å². The van der Waals surface area contributed by atoms with Gasteiger partial charge in [-0.05, 0) is 37.5 Å². The molecule has 1 saturated heterocycles. The number of hydrogen-bond donors (Lipinski definition) is 1. The molecule has 0 radical (unpaired) electrons. The lowest BCUT2D eigenvalue weighted by Crippen LogP contribution is -2.37. The van der Waals surface area contributed by atoms with Crippen LogP contribution in [-0.4, -0.2) is 50.7 Å². The number of sulfonamides is 1. The second-order valence-corrected chi connectivity index (χ2v) is 9.07. The highest BCUT2D eigenvalue weighted by Gasteiger charge is 2.32. The molecule has 1 N–H and O–H groups in total. The summed E-state index contributed by atoms with van der Waals surface area (Å²) in [7, 11) is -3.72. The SMILES string of the molecule is O=S(=O)(NC1CCN(c2nccc(C3CC3)n2)C1)c1cccc2c1OCCO2. The summed E-state index contributed by atoms with van der Waals surface area (Å²) < 4.78 is 39.8. The Balaban J connectivity index is 1.31. The van der Waals surface area contributed by atoms with Gasteiger partial charge in [0.2, 0.25) is 16.0 Å². The lowest BCUT2D eigenvalue weighted by atomic mass is 10.3. The van der Waals surface area contributed by atoms with Gasteiger partial charge >= 0.3 is 0 Å². The number of nitrogens with one attached hydrogen (secondary N) is 1. The van der Waals surface area contributed by atoms with Gasteiger partial charge in [-0.1, -0.05) is 6.07 Å². The third-order valence-electron chi connectivity index (χ3n) is 5.27. The molecule has 2 aliphatic heterocycles. The van der Waals surface area contributed by atoms with Crippen LogP contribution in [0.15, 0.2) is 35.4 Å². The van der Waals surface area contributed by atoms with Crippen molar-refractivity contribution in [2.24, 2.45) is 0 Å². The fourth-order valence-electron chi connectivity index (χ4n) is 3.70. The van der Waals surface area contributed by atoms with Gasteiger partial charge in [-0.15, -0.1) is 0 Å². The molecule has 1 atom stereocenters. The third kappa shape index (κ3) is 3.40. The molecule has 148 valence electrons. The first-order valence-corrected chi connectivity index (χ1v) is 11.1. The lowest BCUT2D eigenvalue weighted by molar-refractivity contribution is 0.167. The van der Waals surface area contributed by atoms with Gasteiger partial charge in [-0.3, -0.25) is 0 Å². The molecule has 3 aliphatic rings. The summed E-state index contributed by atoms with van der Waals surface area (Å²) in [5.74, 6) is 1.99. The Hall–Kier alpha value is -2.39. The number of para-hydroxylation sites is 1. The van der Waals surface area contributed by atoms with Crippen molar-refractivity contribution in [3.63, 3.8) is 0 Å². The van der Waals surface area contributed by atoms with Crippen molar-refractivity contribution in [2.45, 2.75) is 36.1 Å². The molecule has 1 saturated carbocycles. The molecular formula is C19H22N4O4S. The highest BCUT2D eigenvalue weighted by atomic mass is 32.2. The van der Waals surface area contributed by atoms with Crippen molar-refractivity contribution in [3.8, 4) is 11.5 Å². The molecular weight excluding hydrogens is 380 g/mol. The first kappa shape index (κ1) is 17.7. The van der Waals surface area contributed by atoms with E-state index >= 15 is 0 Å². The zero-order valence-electron chi connectivity index (χ0n) is 15.4. The topological polar surface area (TPSA) is 93.7 Å². The predicted octanol–water partition coefficient (Wildman–Crippen LogP) is 1.68. The number of nitrogens with zero attached hydrogens (tertiary/aromatic N) is 3. The quantitative estimate of drug-likeness (QED) is 0.813. The molecule has 1 unspecified atom stereocenters. The first-order chi connectivity index (χ1) is 13.6. The number of rotatable bonds is 5. The Morgan fingerprint density at radius 1 is 1.11 bits per heavy atom. The van der Waals surface area contributed by atoms with Crippen LogP contribution in [-0.2, 0) is 10.0 Å². The molecule has 0 bridgehead atoms. The summed E-state index contributed by atoms with van der Waals surface area (Å²) >= 11 is 0. The second kappa shape index (κ2) is 6.89. The largest absolute Gasteiger partial charge is 0.486 e. The molecule has 5 rings (SSSR count). The molecule has 9 heteroatoms. The highest BCUT2D eigenvalue weighted by molar-refractivity contribution is 7.89. The van der Waals surface area contributed by atoms with Crippen LogP contribution in [0.3, 0.4) is 0 Å². The molecule has 8 nitrogen and oxygen atoms in total. The maximum atomic E-state index is 13.0. The molecule has 3 heterocycles. The smallest absolute Gasteiger partial charge is 0.244 e. The summed E-state index contributed by atoms with van der Waals surface area (Å²) in [6.45, 7) is 2.01. The van der Waals surface area contributed by atoms with E-state index in [4.69, 9.17) is 9.47 Å². The molecule has 2 aromatic rings. The number of benzene rings is 1. The Labute approximate surface area is 163 Å². The number of hydrogen-bond acceptors (Lipinski definition) is 7. The normalized spacial score (nSPS) is 21.7. The fraction of sp³-hybridized carbons (Fsp3) is 0.474. The summed E-state index contributed by atoms with van der Waals surface area (Å²) in [6.07, 6.45) is 4.86. The van der Waals surface area contributed by atoms with Gasteiger partial charge in [0.25, 0.3) is 0 Å². The van der Waals surface area contributed by atoms with Gasteiger partial charge in [-0.2, -0.15) is 0 Å². The van der Waals surface area contributed by atoms with Crippen molar-refractivity contribution in [3.05, 3.63) is 36.2 Å². The van der Waals surface area contributed by atoms with E-state index in [0.29, 0.717) is 50.3 Å². The van der Waals surface area contributed by atoms with E-state index in [1.54, 1.807) is 24.4 Å². The van der Waals surface area contributed by atoms with E-state index in [1.165, 1.54) is 12.8 Å². The van der Waals surface area contributed by atoms with E-state index in [-0.39, 0.29) is 16.7 Å². The minimum atomic E-state index is -3.72. The maximum Gasteiger partial charge on any atom is 0.244 e. The summed E-state index contributed by atoms with van der Waals surface area (Å²) in [5, 5.41) is 0. The van der Waals surface area contributed by atoms with Gasteiger partial charge in [-0.25, -0.2) is 23.1 Å². The Bertz CT molecular complexity index is 993. The zero-order chi connectivity index (χ0) is 19.1. The average molecular weight is 402 g/mol. The summed E-state index contributed by atoms with van der Waals surface area (Å²) in [6, 6.07) is 6.69. The van der Waals surface area contributed by atoms with Crippen LogP contribution >= 0.6 is 0 Å². The standard InChI is InChI=1S/C19H22N4O4S/c24-28(25,17-3-1-2-16-18(17)27-11-10-26-16)22-14-7-9-23(12-14)19-20-8-6-15(21-19)13-4-5-13/h1-3,6,8,13-14,22H,4-5,7,9-12H2. The number of fused-ring (bicyclic) bond motifs is 1. The minimum Gasteiger partial charge on any atom is -0.486 e. The van der Waals surface area contributed by atoms with Crippen molar-refractivity contribution in [1.82, 2.24) is 14.7 Å². The average Bonchev–Trinajstić information content (AvgIpc) is 3.47. The maximum absolute atomic E-state index is 13.0. The van der Waals surface area contributed by atoms with Crippen LogP contribution in [0.2, 0.25) is 0 Å². The summed E-state index contributed by atoms with van der Waals surface area (Å²) in [5.41, 5.74) is 1.09. The first-order valence-electron chi connectivity index (χ1n) is 9.59. The van der Waals surface area contributed by atoms with Crippen LogP contribution in [0.5, 0.6) is 11.5 Å². The van der Waals surface area contributed by atoms with E-state index < -0.39 is 10.0 Å². The number of aromatic nitrogens is 2. The molecule has 0 spiro atoms. The van der Waals surface area contributed by atoms with Crippen LogP contribution in [0.25, 0.3) is 0 Å². The van der Waals surface area contributed by atoms with Gasteiger partial charge in [0.05, 0.1) is 0 Å². The van der Waals surface area contributed by atoms with E-state index in [9.17, 15) is 8.42 Å². The molecule has 28 heavy (non-hydrogen) atoms.